The molecule has 1 fully saturated rings. The van der Waals surface area contributed by atoms with E-state index in [1.54, 1.807) is 12.1 Å². The van der Waals surface area contributed by atoms with E-state index >= 15 is 0 Å². The Morgan fingerprint density at radius 3 is 2.50 bits per heavy atom. The number of halogens is 1. The van der Waals surface area contributed by atoms with E-state index in [9.17, 15) is 4.39 Å². The second-order valence-corrected chi connectivity index (χ2v) is 5.94. The number of rotatable bonds is 7. The molecule has 1 aliphatic rings. The first kappa shape index (κ1) is 15.5. The Labute approximate surface area is 122 Å². The largest absolute Gasteiger partial charge is 0.310 e. The molecule has 0 amide bonds. The van der Waals surface area contributed by atoms with Gasteiger partial charge in [0.15, 0.2) is 0 Å². The van der Waals surface area contributed by atoms with Crippen molar-refractivity contribution in [1.29, 1.82) is 0 Å². The summed E-state index contributed by atoms with van der Waals surface area (Å²) in [5, 5.41) is 3.67. The highest BCUT2D eigenvalue weighted by Gasteiger charge is 2.32. The maximum Gasteiger partial charge on any atom is 0.126 e. The maximum atomic E-state index is 13.7. The molecule has 20 heavy (non-hydrogen) atoms. The van der Waals surface area contributed by atoms with Crippen LogP contribution in [0.4, 0.5) is 4.39 Å². The van der Waals surface area contributed by atoms with Gasteiger partial charge < -0.3 is 10.2 Å². The highest BCUT2D eigenvalue weighted by atomic mass is 19.1. The van der Waals surface area contributed by atoms with E-state index < -0.39 is 0 Å². The maximum absolute atomic E-state index is 13.7. The molecule has 0 spiro atoms. The Bertz CT molecular complexity index is 411. The van der Waals surface area contributed by atoms with Gasteiger partial charge >= 0.3 is 0 Å². The lowest BCUT2D eigenvalue weighted by Crippen LogP contribution is -2.48. The molecule has 1 aromatic rings. The molecule has 1 saturated carbocycles. The van der Waals surface area contributed by atoms with Gasteiger partial charge in [-0.2, -0.15) is 0 Å². The summed E-state index contributed by atoms with van der Waals surface area (Å²) in [5.74, 6) is 0.349. The molecule has 3 heteroatoms. The van der Waals surface area contributed by atoms with E-state index in [2.05, 4.69) is 31.0 Å². The minimum atomic E-state index is -0.0489. The fraction of sp³-hybridized carbons (Fsp3) is 0.647. The average Bonchev–Trinajstić information content (AvgIpc) is 2.41. The summed E-state index contributed by atoms with van der Waals surface area (Å²) in [7, 11) is 0. The zero-order valence-electron chi connectivity index (χ0n) is 12.9. The van der Waals surface area contributed by atoms with Crippen LogP contribution in [-0.4, -0.2) is 36.6 Å². The van der Waals surface area contributed by atoms with Gasteiger partial charge in [0.2, 0.25) is 0 Å². The number of likely N-dealkylation sites (N-methyl/N-ethyl adjacent to an activating group) is 1. The van der Waals surface area contributed by atoms with Crippen LogP contribution in [0.15, 0.2) is 24.3 Å². The SMILES string of the molecule is CCN(CC)CC(C)NC1CC(c2ccccc2F)C1. The van der Waals surface area contributed by atoms with E-state index in [0.29, 0.717) is 18.0 Å². The third kappa shape index (κ3) is 3.80. The standard InChI is InChI=1S/C17H27FN2/c1-4-20(5-2)12-13(3)19-15-10-14(11-15)16-8-6-7-9-17(16)18/h6-9,13-15,19H,4-5,10-12H2,1-3H3. The Hall–Kier alpha value is -0.930. The van der Waals surface area contributed by atoms with E-state index in [-0.39, 0.29) is 5.82 Å². The summed E-state index contributed by atoms with van der Waals surface area (Å²) in [6, 6.07) is 8.24. The molecule has 0 radical (unpaired) electrons. The van der Waals surface area contributed by atoms with Crippen molar-refractivity contribution in [3.8, 4) is 0 Å². The highest BCUT2D eigenvalue weighted by molar-refractivity contribution is 5.24. The summed E-state index contributed by atoms with van der Waals surface area (Å²) in [5.41, 5.74) is 0.891. The van der Waals surface area contributed by atoms with E-state index in [4.69, 9.17) is 0 Å². The Balaban J connectivity index is 1.75. The molecule has 0 saturated heterocycles. The van der Waals surface area contributed by atoms with Crippen LogP contribution in [-0.2, 0) is 0 Å². The van der Waals surface area contributed by atoms with Gasteiger partial charge in [0.1, 0.15) is 5.82 Å². The minimum absolute atomic E-state index is 0.0489. The first-order valence-electron chi connectivity index (χ1n) is 7.86. The van der Waals surface area contributed by atoms with Crippen LogP contribution in [0, 0.1) is 5.82 Å². The molecule has 2 rings (SSSR count). The first-order valence-corrected chi connectivity index (χ1v) is 7.86. The fourth-order valence-corrected chi connectivity index (χ4v) is 3.14. The number of nitrogens with zero attached hydrogens (tertiary/aromatic N) is 1. The highest BCUT2D eigenvalue weighted by Crippen LogP contribution is 2.38. The lowest BCUT2D eigenvalue weighted by atomic mass is 9.75. The third-order valence-electron chi connectivity index (χ3n) is 4.43. The van der Waals surface area contributed by atoms with Crippen molar-refractivity contribution in [3.05, 3.63) is 35.6 Å². The molecule has 1 atom stereocenters. The van der Waals surface area contributed by atoms with Crippen molar-refractivity contribution in [2.24, 2.45) is 0 Å². The van der Waals surface area contributed by atoms with Crippen molar-refractivity contribution >= 4 is 0 Å². The van der Waals surface area contributed by atoms with Crippen molar-refractivity contribution in [2.75, 3.05) is 19.6 Å². The second-order valence-electron chi connectivity index (χ2n) is 5.94. The zero-order valence-corrected chi connectivity index (χ0v) is 12.9. The van der Waals surface area contributed by atoms with Gasteiger partial charge in [-0.15, -0.1) is 0 Å². The molecule has 1 unspecified atom stereocenters. The molecule has 0 aliphatic heterocycles. The Kier molecular flexibility index (Phi) is 5.55. The van der Waals surface area contributed by atoms with Gasteiger partial charge in [-0.1, -0.05) is 32.0 Å². The van der Waals surface area contributed by atoms with Gasteiger partial charge in [-0.3, -0.25) is 0 Å². The van der Waals surface area contributed by atoms with Crippen molar-refractivity contribution in [2.45, 2.75) is 51.6 Å². The van der Waals surface area contributed by atoms with Crippen LogP contribution in [0.3, 0.4) is 0 Å². The predicted octanol–water partition coefficient (Wildman–Crippen LogP) is 3.39. The van der Waals surface area contributed by atoms with Crippen LogP contribution in [0.1, 0.15) is 45.1 Å². The number of hydrogen-bond donors (Lipinski definition) is 1. The molecule has 112 valence electrons. The Morgan fingerprint density at radius 2 is 1.90 bits per heavy atom. The van der Waals surface area contributed by atoms with Crippen molar-refractivity contribution in [1.82, 2.24) is 10.2 Å². The van der Waals surface area contributed by atoms with Gasteiger partial charge in [0.05, 0.1) is 0 Å². The summed E-state index contributed by atoms with van der Waals surface area (Å²) in [6.07, 6.45) is 2.12. The van der Waals surface area contributed by atoms with Gasteiger partial charge in [0, 0.05) is 18.6 Å². The smallest absolute Gasteiger partial charge is 0.126 e. The average molecular weight is 278 g/mol. The molecule has 1 aromatic carbocycles. The fourth-order valence-electron chi connectivity index (χ4n) is 3.14. The molecule has 0 aromatic heterocycles. The third-order valence-corrected chi connectivity index (χ3v) is 4.43. The molecule has 0 bridgehead atoms. The molecule has 1 aliphatic carbocycles. The first-order chi connectivity index (χ1) is 9.63. The number of benzene rings is 1. The van der Waals surface area contributed by atoms with E-state index in [1.165, 1.54) is 0 Å². The zero-order chi connectivity index (χ0) is 14.5. The molecular weight excluding hydrogens is 251 g/mol. The normalized spacial score (nSPS) is 23.6. The monoisotopic (exact) mass is 278 g/mol. The van der Waals surface area contributed by atoms with E-state index in [0.717, 1.165) is 38.0 Å². The quantitative estimate of drug-likeness (QED) is 0.822. The van der Waals surface area contributed by atoms with Crippen LogP contribution in [0.25, 0.3) is 0 Å². The summed E-state index contributed by atoms with van der Waals surface area (Å²) >= 11 is 0. The molecule has 2 nitrogen and oxygen atoms in total. The van der Waals surface area contributed by atoms with Crippen LogP contribution in [0.5, 0.6) is 0 Å². The molecule has 1 N–H and O–H groups in total. The summed E-state index contributed by atoms with van der Waals surface area (Å²) in [4.78, 5) is 2.44. The van der Waals surface area contributed by atoms with Crippen molar-refractivity contribution < 1.29 is 4.39 Å². The number of hydrogen-bond acceptors (Lipinski definition) is 2. The van der Waals surface area contributed by atoms with Crippen molar-refractivity contribution in [3.63, 3.8) is 0 Å². The van der Waals surface area contributed by atoms with Crippen LogP contribution < -0.4 is 5.32 Å². The minimum Gasteiger partial charge on any atom is -0.310 e. The molecular formula is C17H27FN2. The van der Waals surface area contributed by atoms with E-state index in [1.807, 2.05) is 12.1 Å². The van der Waals surface area contributed by atoms with Gasteiger partial charge in [-0.25, -0.2) is 4.39 Å². The Morgan fingerprint density at radius 1 is 1.25 bits per heavy atom. The van der Waals surface area contributed by atoms with Gasteiger partial charge in [-0.05, 0) is 50.4 Å². The summed E-state index contributed by atoms with van der Waals surface area (Å²) in [6.45, 7) is 9.94. The second kappa shape index (κ2) is 7.19. The van der Waals surface area contributed by atoms with Crippen LogP contribution >= 0.6 is 0 Å². The molecule has 0 heterocycles. The van der Waals surface area contributed by atoms with Gasteiger partial charge in [0.25, 0.3) is 0 Å². The lowest BCUT2D eigenvalue weighted by molar-refractivity contribution is 0.219. The summed E-state index contributed by atoms with van der Waals surface area (Å²) < 4.78 is 13.7. The lowest BCUT2D eigenvalue weighted by Gasteiger charge is -2.39. The van der Waals surface area contributed by atoms with Crippen LogP contribution in [0.2, 0.25) is 0 Å². The predicted molar refractivity (Wildman–Crippen MR) is 82.5 cm³/mol. The number of nitrogens with one attached hydrogen (secondary N) is 1. The topological polar surface area (TPSA) is 15.3 Å².